The van der Waals surface area contributed by atoms with Crippen molar-refractivity contribution in [1.29, 1.82) is 0 Å². The first kappa shape index (κ1) is 14.9. The molecule has 0 aliphatic heterocycles. The normalized spacial score (nSPS) is 11.3. The Hall–Kier alpha value is -2.51. The lowest BCUT2D eigenvalue weighted by Gasteiger charge is -2.14. The van der Waals surface area contributed by atoms with Crippen molar-refractivity contribution in [3.8, 4) is 11.8 Å². The van der Waals surface area contributed by atoms with E-state index in [0.717, 1.165) is 11.1 Å². The zero-order valence-corrected chi connectivity index (χ0v) is 11.9. The second-order valence-electron chi connectivity index (χ2n) is 4.68. The third kappa shape index (κ3) is 4.23. The van der Waals surface area contributed by atoms with E-state index in [0.29, 0.717) is 12.1 Å². The maximum atomic E-state index is 12.0. The Morgan fingerprint density at radius 1 is 1.38 bits per heavy atom. The Balaban J connectivity index is 2.06. The minimum Gasteiger partial charge on any atom is -0.395 e. The number of amides is 1. The van der Waals surface area contributed by atoms with Crippen LogP contribution in [-0.4, -0.2) is 22.6 Å². The number of benzene rings is 1. The maximum absolute atomic E-state index is 12.0. The molecule has 3 N–H and O–H groups in total. The van der Waals surface area contributed by atoms with E-state index in [1.54, 1.807) is 18.3 Å². The quantitative estimate of drug-likeness (QED) is 0.753. The molecule has 1 unspecified atom stereocenters. The summed E-state index contributed by atoms with van der Waals surface area (Å²) in [5.74, 6) is 5.75. The van der Waals surface area contributed by atoms with Gasteiger partial charge in [-0.15, -0.1) is 0 Å². The smallest absolute Gasteiger partial charge is 0.268 e. The molecule has 1 heterocycles. The molecule has 2 rings (SSSR count). The van der Waals surface area contributed by atoms with Gasteiger partial charge in [0.05, 0.1) is 12.6 Å². The van der Waals surface area contributed by atoms with Gasteiger partial charge in [-0.1, -0.05) is 24.0 Å². The van der Waals surface area contributed by atoms with Gasteiger partial charge in [0.1, 0.15) is 5.69 Å². The molecular weight excluding hydrogens is 264 g/mol. The van der Waals surface area contributed by atoms with E-state index in [1.807, 2.05) is 31.2 Å². The highest BCUT2D eigenvalue weighted by Crippen LogP contribution is 2.14. The van der Waals surface area contributed by atoms with E-state index < -0.39 is 0 Å². The van der Waals surface area contributed by atoms with E-state index in [9.17, 15) is 4.79 Å². The predicted octanol–water partition coefficient (Wildman–Crippen LogP) is 2.24. The number of carbonyl (C=O) groups excluding carboxylic acids is 1. The third-order valence-electron chi connectivity index (χ3n) is 3.05. The molecule has 0 bridgehead atoms. The van der Waals surface area contributed by atoms with Gasteiger partial charge in [0.25, 0.3) is 5.91 Å². The minimum absolute atomic E-state index is 0.0648. The fourth-order valence-corrected chi connectivity index (χ4v) is 1.94. The molecule has 2 aromatic rings. The summed E-state index contributed by atoms with van der Waals surface area (Å²) in [6.07, 6.45) is 2.18. The lowest BCUT2D eigenvalue weighted by molar-refractivity contribution is 0.0935. The largest absolute Gasteiger partial charge is 0.395 e. The SMILES string of the molecule is CC(NC(=O)c1ccc[nH]1)c1cccc(C#CCCO)c1. The van der Waals surface area contributed by atoms with Gasteiger partial charge < -0.3 is 15.4 Å². The van der Waals surface area contributed by atoms with Crippen LogP contribution in [0.3, 0.4) is 0 Å². The summed E-state index contributed by atoms with van der Waals surface area (Å²) < 4.78 is 0. The van der Waals surface area contributed by atoms with Crippen LogP contribution in [0, 0.1) is 11.8 Å². The summed E-state index contributed by atoms with van der Waals surface area (Å²) >= 11 is 0. The molecule has 1 atom stereocenters. The van der Waals surface area contributed by atoms with Crippen molar-refractivity contribution in [1.82, 2.24) is 10.3 Å². The molecule has 1 aromatic heterocycles. The molecule has 1 aromatic carbocycles. The summed E-state index contributed by atoms with van der Waals surface area (Å²) in [5, 5.41) is 11.7. The number of aromatic amines is 1. The highest BCUT2D eigenvalue weighted by atomic mass is 16.2. The number of rotatable bonds is 4. The van der Waals surface area contributed by atoms with Gasteiger partial charge in [0.2, 0.25) is 0 Å². The average molecular weight is 282 g/mol. The Kier molecular flexibility index (Phi) is 5.19. The van der Waals surface area contributed by atoms with Crippen molar-refractivity contribution in [2.24, 2.45) is 0 Å². The molecule has 0 aliphatic carbocycles. The van der Waals surface area contributed by atoms with Crippen molar-refractivity contribution >= 4 is 5.91 Å². The van der Waals surface area contributed by atoms with Crippen LogP contribution < -0.4 is 5.32 Å². The van der Waals surface area contributed by atoms with Crippen LogP contribution in [0.25, 0.3) is 0 Å². The molecule has 0 aliphatic rings. The van der Waals surface area contributed by atoms with Crippen LogP contribution in [0.1, 0.15) is 41.0 Å². The van der Waals surface area contributed by atoms with Crippen molar-refractivity contribution in [3.63, 3.8) is 0 Å². The van der Waals surface area contributed by atoms with Gasteiger partial charge in [-0.05, 0) is 36.8 Å². The zero-order chi connectivity index (χ0) is 15.1. The van der Waals surface area contributed by atoms with E-state index in [-0.39, 0.29) is 18.6 Å². The Bertz CT molecular complexity index is 651. The molecule has 108 valence electrons. The van der Waals surface area contributed by atoms with Crippen molar-refractivity contribution < 1.29 is 9.90 Å². The van der Waals surface area contributed by atoms with E-state index in [1.165, 1.54) is 0 Å². The summed E-state index contributed by atoms with van der Waals surface area (Å²) in [6.45, 7) is 2.00. The molecule has 0 radical (unpaired) electrons. The van der Waals surface area contributed by atoms with E-state index in [2.05, 4.69) is 22.1 Å². The van der Waals surface area contributed by atoms with Gasteiger partial charge in [0, 0.05) is 18.2 Å². The Labute approximate surface area is 124 Å². The summed E-state index contributed by atoms with van der Waals surface area (Å²) in [4.78, 5) is 14.9. The molecule has 0 saturated carbocycles. The summed E-state index contributed by atoms with van der Waals surface area (Å²) in [5.41, 5.74) is 2.41. The highest BCUT2D eigenvalue weighted by molar-refractivity contribution is 5.92. The monoisotopic (exact) mass is 282 g/mol. The number of aliphatic hydroxyl groups excluding tert-OH is 1. The fourth-order valence-electron chi connectivity index (χ4n) is 1.94. The van der Waals surface area contributed by atoms with Crippen molar-refractivity contribution in [2.45, 2.75) is 19.4 Å². The zero-order valence-electron chi connectivity index (χ0n) is 11.9. The second kappa shape index (κ2) is 7.32. The first-order valence-electron chi connectivity index (χ1n) is 6.84. The molecule has 0 spiro atoms. The van der Waals surface area contributed by atoms with Crippen LogP contribution in [-0.2, 0) is 0 Å². The molecule has 4 nitrogen and oxygen atoms in total. The number of aliphatic hydroxyl groups is 1. The van der Waals surface area contributed by atoms with Crippen LogP contribution in [0.4, 0.5) is 0 Å². The summed E-state index contributed by atoms with van der Waals surface area (Å²) in [7, 11) is 0. The van der Waals surface area contributed by atoms with Crippen LogP contribution in [0.5, 0.6) is 0 Å². The molecular formula is C17H18N2O2. The standard InChI is InChI=1S/C17H18N2O2/c1-13(19-17(21)16-9-5-10-18-16)15-8-4-7-14(12-15)6-2-3-11-20/h4-5,7-10,12-13,18,20H,3,11H2,1H3,(H,19,21). The molecule has 4 heteroatoms. The average Bonchev–Trinajstić information content (AvgIpc) is 3.02. The van der Waals surface area contributed by atoms with Crippen LogP contribution >= 0.6 is 0 Å². The minimum atomic E-state index is -0.135. The number of carbonyl (C=O) groups is 1. The topological polar surface area (TPSA) is 65.1 Å². The van der Waals surface area contributed by atoms with Crippen molar-refractivity contribution in [3.05, 3.63) is 59.4 Å². The molecule has 21 heavy (non-hydrogen) atoms. The molecule has 0 fully saturated rings. The van der Waals surface area contributed by atoms with E-state index in [4.69, 9.17) is 5.11 Å². The third-order valence-corrected chi connectivity index (χ3v) is 3.05. The van der Waals surface area contributed by atoms with E-state index >= 15 is 0 Å². The number of H-pyrrole nitrogens is 1. The summed E-state index contributed by atoms with van der Waals surface area (Å²) in [6, 6.07) is 11.1. The second-order valence-corrected chi connectivity index (χ2v) is 4.68. The number of hydrogen-bond donors (Lipinski definition) is 3. The number of aromatic nitrogens is 1. The van der Waals surface area contributed by atoms with Crippen LogP contribution in [0.2, 0.25) is 0 Å². The lowest BCUT2D eigenvalue weighted by atomic mass is 10.1. The lowest BCUT2D eigenvalue weighted by Crippen LogP contribution is -2.26. The molecule has 1 amide bonds. The Morgan fingerprint density at radius 2 is 2.24 bits per heavy atom. The van der Waals surface area contributed by atoms with Gasteiger partial charge in [-0.25, -0.2) is 0 Å². The number of hydrogen-bond acceptors (Lipinski definition) is 2. The maximum Gasteiger partial charge on any atom is 0.268 e. The fraction of sp³-hybridized carbons (Fsp3) is 0.235. The van der Waals surface area contributed by atoms with Gasteiger partial charge in [0.15, 0.2) is 0 Å². The van der Waals surface area contributed by atoms with Crippen molar-refractivity contribution in [2.75, 3.05) is 6.61 Å². The highest BCUT2D eigenvalue weighted by Gasteiger charge is 2.11. The van der Waals surface area contributed by atoms with Gasteiger partial charge in [-0.3, -0.25) is 4.79 Å². The number of nitrogens with one attached hydrogen (secondary N) is 2. The first-order valence-corrected chi connectivity index (χ1v) is 6.84. The van der Waals surface area contributed by atoms with Gasteiger partial charge >= 0.3 is 0 Å². The predicted molar refractivity (Wildman–Crippen MR) is 81.7 cm³/mol. The first-order chi connectivity index (χ1) is 10.2. The Morgan fingerprint density at radius 3 is 2.95 bits per heavy atom. The molecule has 0 saturated heterocycles. The van der Waals surface area contributed by atoms with Crippen LogP contribution in [0.15, 0.2) is 42.6 Å². The van der Waals surface area contributed by atoms with Gasteiger partial charge in [-0.2, -0.15) is 0 Å².